The van der Waals surface area contributed by atoms with Gasteiger partial charge in [0.25, 0.3) is 0 Å². The molecule has 1 aromatic heterocycles. The number of aromatic nitrogens is 1. The van der Waals surface area contributed by atoms with E-state index in [1.807, 2.05) is 10.3 Å². The number of ether oxygens (including phenoxy) is 3. The number of carboxylic acid groups (broad SMARTS) is 1. The molecule has 176 valence electrons. The van der Waals surface area contributed by atoms with Crippen molar-refractivity contribution in [2.45, 2.75) is 44.1 Å². The Morgan fingerprint density at radius 2 is 2.19 bits per heavy atom. The number of amides is 1. The Morgan fingerprint density at radius 1 is 1.45 bits per heavy atom. The van der Waals surface area contributed by atoms with Gasteiger partial charge in [-0.05, 0) is 12.8 Å². The molecule has 0 bridgehead atoms. The van der Waals surface area contributed by atoms with Crippen LogP contribution in [0.4, 0.5) is 13.2 Å². The molecule has 2 heterocycles. The Balaban J connectivity index is 0.000000423. The summed E-state index contributed by atoms with van der Waals surface area (Å²) in [5.74, 6) is -2.25. The first-order chi connectivity index (χ1) is 14.7. The second kappa shape index (κ2) is 11.7. The lowest BCUT2D eigenvalue weighted by molar-refractivity contribution is -0.192. The van der Waals surface area contributed by atoms with E-state index in [4.69, 9.17) is 24.1 Å². The molecule has 1 aromatic rings. The molecular formula is C19H27F3N2O6S. The lowest BCUT2D eigenvalue weighted by atomic mass is 9.89. The highest BCUT2D eigenvalue weighted by atomic mass is 32.1. The van der Waals surface area contributed by atoms with Crippen LogP contribution in [0.5, 0.6) is 0 Å². The first-order valence-electron chi connectivity index (χ1n) is 9.85. The van der Waals surface area contributed by atoms with Crippen LogP contribution in [0.25, 0.3) is 0 Å². The summed E-state index contributed by atoms with van der Waals surface area (Å²) in [5.41, 5.74) is -0.232. The summed E-state index contributed by atoms with van der Waals surface area (Å²) in [6, 6.07) is 0. The number of carboxylic acids is 1. The summed E-state index contributed by atoms with van der Waals surface area (Å²) < 4.78 is 48.9. The van der Waals surface area contributed by atoms with Gasteiger partial charge in [-0.2, -0.15) is 13.2 Å². The molecule has 2 aliphatic rings. The van der Waals surface area contributed by atoms with Crippen molar-refractivity contribution in [2.24, 2.45) is 5.92 Å². The Bertz CT molecular complexity index is 703. The minimum atomic E-state index is -5.08. The van der Waals surface area contributed by atoms with Crippen molar-refractivity contribution >= 4 is 23.2 Å². The van der Waals surface area contributed by atoms with E-state index in [2.05, 4.69) is 4.98 Å². The standard InChI is InChI=1S/C17H26N2O4S.C2HF3O2/c1-21-8-4-16(20)19-7-9-23-17(13-19)5-2-3-14(17)11-22-12-15-18-6-10-24-15;3-2(4,5)1(6)7/h6,10,14H,2-5,7-9,11-13H2,1H3;(H,6,7)/t14-,17+;/m0./s1. The number of hydrogen-bond acceptors (Lipinski definition) is 7. The lowest BCUT2D eigenvalue weighted by Gasteiger charge is -2.44. The Kier molecular flexibility index (Phi) is 9.66. The number of methoxy groups -OCH3 is 1. The summed E-state index contributed by atoms with van der Waals surface area (Å²) in [7, 11) is 1.63. The number of carbonyl (C=O) groups is 2. The second-order valence-corrected chi connectivity index (χ2v) is 8.28. The van der Waals surface area contributed by atoms with Gasteiger partial charge in [-0.1, -0.05) is 6.42 Å². The predicted octanol–water partition coefficient (Wildman–Crippen LogP) is 2.73. The van der Waals surface area contributed by atoms with Crippen LogP contribution in [0, 0.1) is 5.92 Å². The van der Waals surface area contributed by atoms with Crippen LogP contribution < -0.4 is 0 Å². The lowest BCUT2D eigenvalue weighted by Crippen LogP contribution is -2.56. The Morgan fingerprint density at radius 3 is 2.81 bits per heavy atom. The van der Waals surface area contributed by atoms with E-state index in [0.29, 0.717) is 51.9 Å². The van der Waals surface area contributed by atoms with Gasteiger partial charge in [0.15, 0.2) is 0 Å². The van der Waals surface area contributed by atoms with Gasteiger partial charge in [-0.25, -0.2) is 9.78 Å². The summed E-state index contributed by atoms with van der Waals surface area (Å²) >= 11 is 1.61. The van der Waals surface area contributed by atoms with Crippen LogP contribution >= 0.6 is 11.3 Å². The van der Waals surface area contributed by atoms with Gasteiger partial charge in [0.2, 0.25) is 5.91 Å². The molecule has 1 saturated heterocycles. The van der Waals surface area contributed by atoms with Crippen LogP contribution in [-0.4, -0.2) is 78.7 Å². The number of carbonyl (C=O) groups excluding carboxylic acids is 1. The number of thiazole rings is 1. The molecule has 1 amide bonds. The zero-order chi connectivity index (χ0) is 22.9. The summed E-state index contributed by atoms with van der Waals surface area (Å²) in [5, 5.41) is 10.1. The van der Waals surface area contributed by atoms with Crippen molar-refractivity contribution < 1.29 is 42.1 Å². The smallest absolute Gasteiger partial charge is 0.475 e. The average Bonchev–Trinajstić information content (AvgIpc) is 3.37. The van der Waals surface area contributed by atoms with E-state index in [0.717, 1.165) is 24.3 Å². The zero-order valence-corrected chi connectivity index (χ0v) is 18.0. The number of rotatable bonds is 7. The predicted molar refractivity (Wildman–Crippen MR) is 105 cm³/mol. The molecule has 0 unspecified atom stereocenters. The molecule has 0 aromatic carbocycles. The highest BCUT2D eigenvalue weighted by Gasteiger charge is 2.47. The van der Waals surface area contributed by atoms with Gasteiger partial charge in [-0.15, -0.1) is 11.3 Å². The number of alkyl halides is 3. The van der Waals surface area contributed by atoms with Crippen LogP contribution in [-0.2, 0) is 30.4 Å². The molecule has 3 rings (SSSR count). The van der Waals surface area contributed by atoms with E-state index in [1.165, 1.54) is 0 Å². The normalized spacial score (nSPS) is 23.5. The average molecular weight is 468 g/mol. The number of hydrogen-bond donors (Lipinski definition) is 1. The van der Waals surface area contributed by atoms with Crippen LogP contribution in [0.15, 0.2) is 11.6 Å². The fourth-order valence-corrected chi connectivity index (χ4v) is 4.28. The van der Waals surface area contributed by atoms with E-state index >= 15 is 0 Å². The van der Waals surface area contributed by atoms with Crippen molar-refractivity contribution in [3.8, 4) is 0 Å². The van der Waals surface area contributed by atoms with Gasteiger partial charge in [0.1, 0.15) is 5.01 Å². The van der Waals surface area contributed by atoms with Crippen molar-refractivity contribution in [3.05, 3.63) is 16.6 Å². The third kappa shape index (κ3) is 7.70. The van der Waals surface area contributed by atoms with Gasteiger partial charge in [0.05, 0.1) is 45.0 Å². The summed E-state index contributed by atoms with van der Waals surface area (Å²) in [6.07, 6.45) is 0.391. The van der Waals surface area contributed by atoms with Crippen molar-refractivity contribution in [2.75, 3.05) is 40.0 Å². The molecular weight excluding hydrogens is 441 g/mol. The summed E-state index contributed by atoms with van der Waals surface area (Å²) in [4.78, 5) is 27.4. The topological polar surface area (TPSA) is 98.2 Å². The summed E-state index contributed by atoms with van der Waals surface area (Å²) in [6.45, 7) is 3.67. The van der Waals surface area contributed by atoms with Crippen molar-refractivity contribution in [3.63, 3.8) is 0 Å². The SMILES string of the molecule is COCCC(=O)N1CCO[C@]2(CCC[C@H]2COCc2nccs2)C1.O=C(O)C(F)(F)F. The molecule has 1 N–H and O–H groups in total. The monoisotopic (exact) mass is 468 g/mol. The third-order valence-electron chi connectivity index (χ3n) is 5.25. The van der Waals surface area contributed by atoms with E-state index < -0.39 is 12.1 Å². The molecule has 12 heteroatoms. The Hall–Kier alpha value is -1.76. The van der Waals surface area contributed by atoms with Crippen LogP contribution in [0.3, 0.4) is 0 Å². The maximum absolute atomic E-state index is 12.3. The fourth-order valence-electron chi connectivity index (χ4n) is 3.73. The fraction of sp³-hybridized carbons (Fsp3) is 0.737. The highest BCUT2D eigenvalue weighted by Crippen LogP contribution is 2.41. The minimum absolute atomic E-state index is 0.161. The molecule has 1 aliphatic heterocycles. The zero-order valence-electron chi connectivity index (χ0n) is 17.2. The second-order valence-electron chi connectivity index (χ2n) is 7.30. The van der Waals surface area contributed by atoms with Gasteiger partial charge >= 0.3 is 12.1 Å². The number of nitrogens with zero attached hydrogens (tertiary/aromatic N) is 2. The van der Waals surface area contributed by atoms with Gasteiger partial charge in [0, 0.05) is 31.1 Å². The molecule has 31 heavy (non-hydrogen) atoms. The number of morpholine rings is 1. The molecule has 0 radical (unpaired) electrons. The minimum Gasteiger partial charge on any atom is -0.475 e. The van der Waals surface area contributed by atoms with Crippen molar-refractivity contribution in [1.82, 2.24) is 9.88 Å². The molecule has 1 saturated carbocycles. The Labute approximate surface area is 182 Å². The molecule has 1 aliphatic carbocycles. The largest absolute Gasteiger partial charge is 0.490 e. The first kappa shape index (κ1) is 25.5. The van der Waals surface area contributed by atoms with Crippen molar-refractivity contribution in [1.29, 1.82) is 0 Å². The maximum Gasteiger partial charge on any atom is 0.490 e. The van der Waals surface area contributed by atoms with Gasteiger partial charge < -0.3 is 24.2 Å². The molecule has 2 fully saturated rings. The third-order valence-corrected chi connectivity index (χ3v) is 6.00. The molecule has 8 nitrogen and oxygen atoms in total. The van der Waals surface area contributed by atoms with Gasteiger partial charge in [-0.3, -0.25) is 4.79 Å². The number of aliphatic carboxylic acids is 1. The maximum atomic E-state index is 12.3. The molecule has 2 atom stereocenters. The van der Waals surface area contributed by atoms with E-state index in [9.17, 15) is 18.0 Å². The van der Waals surface area contributed by atoms with E-state index in [-0.39, 0.29) is 11.5 Å². The number of halogens is 3. The van der Waals surface area contributed by atoms with Crippen LogP contribution in [0.1, 0.15) is 30.7 Å². The first-order valence-corrected chi connectivity index (χ1v) is 10.7. The van der Waals surface area contributed by atoms with Crippen LogP contribution in [0.2, 0.25) is 0 Å². The quantitative estimate of drug-likeness (QED) is 0.657. The molecule has 1 spiro atoms. The van der Waals surface area contributed by atoms with E-state index in [1.54, 1.807) is 24.6 Å². The highest BCUT2D eigenvalue weighted by molar-refractivity contribution is 7.09.